The van der Waals surface area contributed by atoms with Crippen LogP contribution in [0.15, 0.2) is 24.0 Å². The lowest BCUT2D eigenvalue weighted by atomic mass is 9.92. The minimum Gasteiger partial charge on any atom is -0.462 e. The molecule has 0 saturated carbocycles. The molecule has 0 heterocycles. The standard InChI is InChI=1S/C11H19NO3/c1-6-14-10(13)8(2)7-9(15-12)11(3,4)5/h7H,2,6,12H2,1,3-5H3/b9-7-. The number of esters is 1. The fraction of sp³-hybridized carbons (Fsp3) is 0.545. The quantitative estimate of drug-likeness (QED) is 0.255. The van der Waals surface area contributed by atoms with Gasteiger partial charge in [-0.15, -0.1) is 0 Å². The van der Waals surface area contributed by atoms with E-state index < -0.39 is 5.97 Å². The van der Waals surface area contributed by atoms with Gasteiger partial charge < -0.3 is 9.57 Å². The predicted molar refractivity (Wildman–Crippen MR) is 58.6 cm³/mol. The lowest BCUT2D eigenvalue weighted by Gasteiger charge is -2.20. The molecule has 0 saturated heterocycles. The van der Waals surface area contributed by atoms with Crippen LogP contribution < -0.4 is 5.90 Å². The van der Waals surface area contributed by atoms with Gasteiger partial charge >= 0.3 is 5.97 Å². The molecule has 0 fully saturated rings. The molecule has 2 N–H and O–H groups in total. The molecular weight excluding hydrogens is 194 g/mol. The molecule has 0 spiro atoms. The average Bonchev–Trinajstić information content (AvgIpc) is 2.12. The summed E-state index contributed by atoms with van der Waals surface area (Å²) in [6.45, 7) is 11.4. The number of hydrogen-bond donors (Lipinski definition) is 1. The van der Waals surface area contributed by atoms with Gasteiger partial charge in [-0.1, -0.05) is 27.4 Å². The summed E-state index contributed by atoms with van der Waals surface area (Å²) < 4.78 is 4.78. The summed E-state index contributed by atoms with van der Waals surface area (Å²) in [6.07, 6.45) is 1.50. The Morgan fingerprint density at radius 1 is 1.47 bits per heavy atom. The van der Waals surface area contributed by atoms with Gasteiger partial charge in [-0.05, 0) is 13.0 Å². The monoisotopic (exact) mass is 213 g/mol. The van der Waals surface area contributed by atoms with Crippen LogP contribution in [-0.2, 0) is 14.4 Å². The molecule has 0 radical (unpaired) electrons. The zero-order chi connectivity index (χ0) is 12.1. The van der Waals surface area contributed by atoms with Crippen molar-refractivity contribution in [2.45, 2.75) is 27.7 Å². The Morgan fingerprint density at radius 2 is 2.00 bits per heavy atom. The van der Waals surface area contributed by atoms with Crippen LogP contribution >= 0.6 is 0 Å². The van der Waals surface area contributed by atoms with Gasteiger partial charge in [0.15, 0.2) is 0 Å². The van der Waals surface area contributed by atoms with Crippen LogP contribution in [0.5, 0.6) is 0 Å². The molecule has 0 aliphatic heterocycles. The Morgan fingerprint density at radius 3 is 2.33 bits per heavy atom. The van der Waals surface area contributed by atoms with Crippen molar-refractivity contribution >= 4 is 5.97 Å². The van der Waals surface area contributed by atoms with Crippen molar-refractivity contribution in [1.29, 1.82) is 0 Å². The molecule has 0 rings (SSSR count). The predicted octanol–water partition coefficient (Wildman–Crippen LogP) is 1.93. The summed E-state index contributed by atoms with van der Waals surface area (Å²) >= 11 is 0. The number of carbonyl (C=O) groups excluding carboxylic acids is 1. The fourth-order valence-electron chi connectivity index (χ4n) is 0.868. The van der Waals surface area contributed by atoms with E-state index in [1.807, 2.05) is 20.8 Å². The summed E-state index contributed by atoms with van der Waals surface area (Å²) in [6, 6.07) is 0. The van der Waals surface area contributed by atoms with Crippen molar-refractivity contribution in [2.75, 3.05) is 6.61 Å². The number of hydrogen-bond acceptors (Lipinski definition) is 4. The molecule has 15 heavy (non-hydrogen) atoms. The third-order valence-electron chi connectivity index (χ3n) is 1.71. The third kappa shape index (κ3) is 4.65. The number of nitrogens with two attached hydrogens (primary N) is 1. The maximum absolute atomic E-state index is 11.3. The molecule has 0 aliphatic rings. The van der Waals surface area contributed by atoms with E-state index >= 15 is 0 Å². The maximum Gasteiger partial charge on any atom is 0.337 e. The van der Waals surface area contributed by atoms with Gasteiger partial charge in [-0.25, -0.2) is 4.79 Å². The lowest BCUT2D eigenvalue weighted by Crippen LogP contribution is -2.17. The molecule has 0 aromatic carbocycles. The van der Waals surface area contributed by atoms with Crippen LogP contribution in [0.2, 0.25) is 0 Å². The minimum absolute atomic E-state index is 0.229. The molecule has 0 aliphatic carbocycles. The van der Waals surface area contributed by atoms with Crippen molar-refractivity contribution in [2.24, 2.45) is 11.3 Å². The van der Waals surface area contributed by atoms with Gasteiger partial charge in [0.05, 0.1) is 12.2 Å². The summed E-state index contributed by atoms with van der Waals surface area (Å²) in [5.41, 5.74) is -0.0447. The Labute approximate surface area is 90.7 Å². The van der Waals surface area contributed by atoms with Crippen molar-refractivity contribution < 1.29 is 14.4 Å². The number of carbonyl (C=O) groups is 1. The van der Waals surface area contributed by atoms with Gasteiger partial charge in [0.2, 0.25) is 0 Å². The zero-order valence-electron chi connectivity index (χ0n) is 9.79. The first-order valence-electron chi connectivity index (χ1n) is 4.77. The molecule has 0 bridgehead atoms. The summed E-state index contributed by atoms with van der Waals surface area (Å²) in [4.78, 5) is 16.0. The topological polar surface area (TPSA) is 61.5 Å². The van der Waals surface area contributed by atoms with Crippen LogP contribution in [0.1, 0.15) is 27.7 Å². The van der Waals surface area contributed by atoms with Crippen LogP contribution in [-0.4, -0.2) is 12.6 Å². The maximum atomic E-state index is 11.3. The third-order valence-corrected chi connectivity index (χ3v) is 1.71. The van der Waals surface area contributed by atoms with E-state index in [0.717, 1.165) is 0 Å². The van der Waals surface area contributed by atoms with Crippen LogP contribution in [0.3, 0.4) is 0 Å². The van der Waals surface area contributed by atoms with Gasteiger partial charge in [-0.3, -0.25) is 0 Å². The normalized spacial score (nSPS) is 12.2. The lowest BCUT2D eigenvalue weighted by molar-refractivity contribution is -0.138. The number of ether oxygens (including phenoxy) is 1. The van der Waals surface area contributed by atoms with E-state index in [4.69, 9.17) is 15.5 Å². The van der Waals surface area contributed by atoms with Crippen molar-refractivity contribution in [3.63, 3.8) is 0 Å². The smallest absolute Gasteiger partial charge is 0.337 e. The summed E-state index contributed by atoms with van der Waals surface area (Å²) in [5.74, 6) is 5.14. The van der Waals surface area contributed by atoms with E-state index in [-0.39, 0.29) is 11.0 Å². The first-order chi connectivity index (χ1) is 6.82. The van der Waals surface area contributed by atoms with E-state index in [9.17, 15) is 4.79 Å². The molecule has 0 unspecified atom stereocenters. The fourth-order valence-corrected chi connectivity index (χ4v) is 0.868. The Balaban J connectivity index is 4.71. The number of allylic oxidation sites excluding steroid dienone is 1. The number of rotatable bonds is 4. The highest BCUT2D eigenvalue weighted by Gasteiger charge is 2.20. The van der Waals surface area contributed by atoms with Crippen LogP contribution in [0, 0.1) is 5.41 Å². The highest BCUT2D eigenvalue weighted by molar-refractivity contribution is 5.90. The molecule has 0 amide bonds. The van der Waals surface area contributed by atoms with Crippen LogP contribution in [0.25, 0.3) is 0 Å². The Hall–Kier alpha value is -1.29. The second-order valence-electron chi connectivity index (χ2n) is 4.12. The molecular formula is C11H19NO3. The van der Waals surface area contributed by atoms with Gasteiger partial charge in [-0.2, -0.15) is 5.90 Å². The molecule has 0 atom stereocenters. The summed E-state index contributed by atoms with van der Waals surface area (Å²) in [5, 5.41) is 0. The molecule has 4 nitrogen and oxygen atoms in total. The van der Waals surface area contributed by atoms with Gasteiger partial charge in [0.1, 0.15) is 5.76 Å². The average molecular weight is 213 g/mol. The Kier molecular flexibility index (Phi) is 5.08. The van der Waals surface area contributed by atoms with Crippen molar-refractivity contribution in [3.05, 3.63) is 24.0 Å². The summed E-state index contributed by atoms with van der Waals surface area (Å²) in [7, 11) is 0. The molecule has 0 aromatic rings. The van der Waals surface area contributed by atoms with E-state index in [1.165, 1.54) is 6.08 Å². The van der Waals surface area contributed by atoms with Gasteiger partial charge in [0.25, 0.3) is 0 Å². The SMILES string of the molecule is C=C(/C=C(\ON)C(C)(C)C)C(=O)OCC. The molecule has 86 valence electrons. The highest BCUT2D eigenvalue weighted by Crippen LogP contribution is 2.25. The van der Waals surface area contributed by atoms with E-state index in [1.54, 1.807) is 6.92 Å². The second-order valence-corrected chi connectivity index (χ2v) is 4.12. The first kappa shape index (κ1) is 13.7. The second kappa shape index (κ2) is 5.56. The van der Waals surface area contributed by atoms with E-state index in [2.05, 4.69) is 6.58 Å². The van der Waals surface area contributed by atoms with Gasteiger partial charge in [0, 0.05) is 5.41 Å². The van der Waals surface area contributed by atoms with E-state index in [0.29, 0.717) is 12.4 Å². The van der Waals surface area contributed by atoms with Crippen molar-refractivity contribution in [1.82, 2.24) is 0 Å². The zero-order valence-corrected chi connectivity index (χ0v) is 9.79. The van der Waals surface area contributed by atoms with Crippen LogP contribution in [0.4, 0.5) is 0 Å². The molecule has 4 heteroatoms. The Bertz CT molecular complexity index is 274. The highest BCUT2D eigenvalue weighted by atomic mass is 16.6. The minimum atomic E-state index is -0.462. The first-order valence-corrected chi connectivity index (χ1v) is 4.77. The molecule has 0 aromatic heterocycles. The largest absolute Gasteiger partial charge is 0.462 e. The van der Waals surface area contributed by atoms with Crippen molar-refractivity contribution in [3.8, 4) is 0 Å².